The minimum atomic E-state index is 0.00773. The average Bonchev–Trinajstić information content (AvgIpc) is 2.47. The number of ether oxygens (including phenoxy) is 2. The lowest BCUT2D eigenvalue weighted by atomic mass is 9.92. The average molecular weight is 261 g/mol. The molecule has 19 heavy (non-hydrogen) atoms. The van der Waals surface area contributed by atoms with E-state index >= 15 is 0 Å². The van der Waals surface area contributed by atoms with Gasteiger partial charge >= 0.3 is 0 Å². The van der Waals surface area contributed by atoms with E-state index in [0.717, 1.165) is 23.5 Å². The van der Waals surface area contributed by atoms with Gasteiger partial charge in [0.2, 0.25) is 0 Å². The van der Waals surface area contributed by atoms with E-state index in [2.05, 4.69) is 6.08 Å². The predicted octanol–water partition coefficient (Wildman–Crippen LogP) is 3.59. The minimum Gasteiger partial charge on any atom is -0.497 e. The molecule has 1 aromatic carbocycles. The Bertz CT molecular complexity index is 432. The zero-order valence-electron chi connectivity index (χ0n) is 11.8. The van der Waals surface area contributed by atoms with Gasteiger partial charge in [0.15, 0.2) is 0 Å². The molecule has 2 N–H and O–H groups in total. The van der Waals surface area contributed by atoms with Gasteiger partial charge in [0.05, 0.1) is 14.2 Å². The third-order valence-corrected chi connectivity index (χ3v) is 3.67. The fraction of sp³-hybridized carbons (Fsp3) is 0.500. The summed E-state index contributed by atoms with van der Waals surface area (Å²) in [6, 6.07) is 5.87. The molecule has 104 valence electrons. The highest BCUT2D eigenvalue weighted by atomic mass is 16.5. The summed E-state index contributed by atoms with van der Waals surface area (Å²) < 4.78 is 10.6. The quantitative estimate of drug-likeness (QED) is 0.824. The first-order chi connectivity index (χ1) is 9.22. The van der Waals surface area contributed by atoms with Gasteiger partial charge in [0.25, 0.3) is 0 Å². The summed E-state index contributed by atoms with van der Waals surface area (Å²) in [6.45, 7) is 0. The normalized spacial score (nSPS) is 16.7. The molecule has 0 bridgehead atoms. The number of methoxy groups -OCH3 is 2. The van der Waals surface area contributed by atoms with Gasteiger partial charge in [-0.05, 0) is 49.8 Å². The molecular formula is C16H23NO2. The third-order valence-electron chi connectivity index (χ3n) is 3.67. The molecule has 0 heterocycles. The standard InChI is InChI=1S/C16H23NO2/c1-18-14-9-13(10-15(11-14)19-2)16(17)8-12-6-4-3-5-7-12/h6,9-11,16H,3-5,7-8,17H2,1-2H3. The second kappa shape index (κ2) is 6.62. The van der Waals surface area contributed by atoms with Crippen LogP contribution in [0.2, 0.25) is 0 Å². The number of hydrogen-bond acceptors (Lipinski definition) is 3. The first-order valence-corrected chi connectivity index (χ1v) is 6.89. The Balaban J connectivity index is 2.13. The third kappa shape index (κ3) is 3.74. The Morgan fingerprint density at radius 1 is 1.11 bits per heavy atom. The molecule has 0 aromatic heterocycles. The van der Waals surface area contributed by atoms with Crippen molar-refractivity contribution < 1.29 is 9.47 Å². The Hall–Kier alpha value is -1.48. The van der Waals surface area contributed by atoms with E-state index in [4.69, 9.17) is 15.2 Å². The summed E-state index contributed by atoms with van der Waals surface area (Å²) in [7, 11) is 3.32. The van der Waals surface area contributed by atoms with Crippen molar-refractivity contribution in [3.63, 3.8) is 0 Å². The summed E-state index contributed by atoms with van der Waals surface area (Å²) >= 11 is 0. The van der Waals surface area contributed by atoms with Crippen LogP contribution in [0.5, 0.6) is 11.5 Å². The maximum Gasteiger partial charge on any atom is 0.122 e. The van der Waals surface area contributed by atoms with E-state index in [1.54, 1.807) is 14.2 Å². The number of hydrogen-bond donors (Lipinski definition) is 1. The number of rotatable bonds is 5. The van der Waals surface area contributed by atoms with Crippen molar-refractivity contribution in [2.75, 3.05) is 14.2 Å². The molecule has 2 rings (SSSR count). The molecule has 1 aliphatic carbocycles. The largest absolute Gasteiger partial charge is 0.497 e. The molecule has 1 aromatic rings. The number of allylic oxidation sites excluding steroid dienone is 1. The van der Waals surface area contributed by atoms with E-state index in [-0.39, 0.29) is 6.04 Å². The molecule has 0 spiro atoms. The van der Waals surface area contributed by atoms with Crippen molar-refractivity contribution in [2.45, 2.75) is 38.1 Å². The number of nitrogens with two attached hydrogens (primary N) is 1. The van der Waals surface area contributed by atoms with Gasteiger partial charge in [0.1, 0.15) is 11.5 Å². The van der Waals surface area contributed by atoms with Crippen LogP contribution in [0, 0.1) is 0 Å². The highest BCUT2D eigenvalue weighted by Crippen LogP contribution is 2.30. The van der Waals surface area contributed by atoms with Gasteiger partial charge in [-0.15, -0.1) is 0 Å². The van der Waals surface area contributed by atoms with E-state index in [1.165, 1.54) is 31.3 Å². The summed E-state index contributed by atoms with van der Waals surface area (Å²) in [5, 5.41) is 0. The van der Waals surface area contributed by atoms with Crippen molar-refractivity contribution in [3.05, 3.63) is 35.4 Å². The Morgan fingerprint density at radius 3 is 2.32 bits per heavy atom. The monoisotopic (exact) mass is 261 g/mol. The smallest absolute Gasteiger partial charge is 0.122 e. The van der Waals surface area contributed by atoms with Crippen LogP contribution >= 0.6 is 0 Å². The van der Waals surface area contributed by atoms with E-state index in [0.29, 0.717) is 0 Å². The summed E-state index contributed by atoms with van der Waals surface area (Å²) in [4.78, 5) is 0. The van der Waals surface area contributed by atoms with Gasteiger partial charge in [-0.25, -0.2) is 0 Å². The molecule has 0 amide bonds. The van der Waals surface area contributed by atoms with Gasteiger partial charge in [-0.1, -0.05) is 11.6 Å². The summed E-state index contributed by atoms with van der Waals surface area (Å²) in [6.07, 6.45) is 8.26. The first kappa shape index (κ1) is 13.9. The first-order valence-electron chi connectivity index (χ1n) is 6.89. The second-order valence-electron chi connectivity index (χ2n) is 5.06. The molecule has 0 saturated heterocycles. The summed E-state index contributed by atoms with van der Waals surface area (Å²) in [5.41, 5.74) is 8.88. The maximum absolute atomic E-state index is 6.32. The van der Waals surface area contributed by atoms with E-state index in [9.17, 15) is 0 Å². The van der Waals surface area contributed by atoms with Gasteiger partial charge < -0.3 is 15.2 Å². The fourth-order valence-corrected chi connectivity index (χ4v) is 2.53. The molecule has 1 atom stereocenters. The van der Waals surface area contributed by atoms with Crippen LogP contribution in [-0.2, 0) is 0 Å². The SMILES string of the molecule is COc1cc(OC)cc(C(N)CC2=CCCCC2)c1. The van der Waals surface area contributed by atoms with Crippen LogP contribution in [0.3, 0.4) is 0 Å². The minimum absolute atomic E-state index is 0.00773. The maximum atomic E-state index is 6.32. The molecule has 3 nitrogen and oxygen atoms in total. The number of benzene rings is 1. The zero-order chi connectivity index (χ0) is 13.7. The fourth-order valence-electron chi connectivity index (χ4n) is 2.53. The highest BCUT2D eigenvalue weighted by Gasteiger charge is 2.13. The lowest BCUT2D eigenvalue weighted by Crippen LogP contribution is -2.12. The molecule has 0 saturated carbocycles. The van der Waals surface area contributed by atoms with Crippen LogP contribution in [0.1, 0.15) is 43.7 Å². The van der Waals surface area contributed by atoms with Crippen molar-refractivity contribution in [1.82, 2.24) is 0 Å². The Labute approximate surface area is 115 Å². The van der Waals surface area contributed by atoms with Crippen LogP contribution in [0.15, 0.2) is 29.8 Å². The summed E-state index contributed by atoms with van der Waals surface area (Å²) in [5.74, 6) is 1.59. The lowest BCUT2D eigenvalue weighted by molar-refractivity contribution is 0.392. The highest BCUT2D eigenvalue weighted by molar-refractivity contribution is 5.40. The predicted molar refractivity (Wildman–Crippen MR) is 77.6 cm³/mol. The molecular weight excluding hydrogens is 238 g/mol. The lowest BCUT2D eigenvalue weighted by Gasteiger charge is -2.19. The van der Waals surface area contributed by atoms with Gasteiger partial charge in [-0.2, -0.15) is 0 Å². The van der Waals surface area contributed by atoms with Crippen molar-refractivity contribution in [3.8, 4) is 11.5 Å². The van der Waals surface area contributed by atoms with Crippen LogP contribution < -0.4 is 15.2 Å². The zero-order valence-corrected chi connectivity index (χ0v) is 11.8. The molecule has 0 fully saturated rings. The molecule has 1 unspecified atom stereocenters. The second-order valence-corrected chi connectivity index (χ2v) is 5.06. The van der Waals surface area contributed by atoms with Crippen LogP contribution in [0.25, 0.3) is 0 Å². The topological polar surface area (TPSA) is 44.5 Å². The van der Waals surface area contributed by atoms with Crippen LogP contribution in [0.4, 0.5) is 0 Å². The molecule has 0 radical (unpaired) electrons. The molecule has 1 aliphatic rings. The molecule has 0 aliphatic heterocycles. The molecule has 3 heteroatoms. The van der Waals surface area contributed by atoms with Crippen molar-refractivity contribution in [1.29, 1.82) is 0 Å². The Kier molecular flexibility index (Phi) is 4.86. The Morgan fingerprint density at radius 2 is 1.79 bits per heavy atom. The van der Waals surface area contributed by atoms with Crippen molar-refractivity contribution >= 4 is 0 Å². The van der Waals surface area contributed by atoms with Crippen molar-refractivity contribution in [2.24, 2.45) is 5.73 Å². The van der Waals surface area contributed by atoms with Gasteiger partial charge in [-0.3, -0.25) is 0 Å². The van der Waals surface area contributed by atoms with E-state index < -0.39 is 0 Å². The van der Waals surface area contributed by atoms with Gasteiger partial charge in [0, 0.05) is 12.1 Å². The van der Waals surface area contributed by atoms with E-state index in [1.807, 2.05) is 18.2 Å². The van der Waals surface area contributed by atoms with Crippen LogP contribution in [-0.4, -0.2) is 14.2 Å².